The molecule has 0 saturated carbocycles. The smallest absolute Gasteiger partial charge is 0.152 e. The fourth-order valence-electron chi connectivity index (χ4n) is 1.53. The molecule has 5 heteroatoms. The highest BCUT2D eigenvalue weighted by Gasteiger charge is 2.03. The lowest BCUT2D eigenvalue weighted by molar-refractivity contribution is 1.09. The number of benzene rings is 1. The minimum atomic E-state index is 0.783. The molecule has 0 spiro atoms. The van der Waals surface area contributed by atoms with Crippen molar-refractivity contribution in [2.45, 2.75) is 0 Å². The van der Waals surface area contributed by atoms with Gasteiger partial charge in [-0.25, -0.2) is 4.98 Å². The molecule has 1 aromatic carbocycles. The van der Waals surface area contributed by atoms with Crippen molar-refractivity contribution in [3.8, 4) is 0 Å². The highest BCUT2D eigenvalue weighted by atomic mass is 15.2. The second-order valence-electron chi connectivity index (χ2n) is 3.19. The highest BCUT2D eigenvalue weighted by molar-refractivity contribution is 5.89. The summed E-state index contributed by atoms with van der Waals surface area (Å²) in [6.45, 7) is 0. The zero-order chi connectivity index (χ0) is 10.1. The van der Waals surface area contributed by atoms with Gasteiger partial charge in [0.15, 0.2) is 5.82 Å². The average Bonchev–Trinajstić information content (AvgIpc) is 2.87. The van der Waals surface area contributed by atoms with Crippen molar-refractivity contribution in [2.75, 3.05) is 5.32 Å². The molecule has 2 heterocycles. The van der Waals surface area contributed by atoms with Crippen LogP contribution in [0.4, 0.5) is 11.5 Å². The Bertz CT molecular complexity index is 566. The van der Waals surface area contributed by atoms with Crippen LogP contribution in [0, 0.1) is 0 Å². The van der Waals surface area contributed by atoms with Gasteiger partial charge in [0.1, 0.15) is 5.52 Å². The van der Waals surface area contributed by atoms with E-state index in [1.807, 2.05) is 24.3 Å². The second-order valence-corrected chi connectivity index (χ2v) is 3.19. The summed E-state index contributed by atoms with van der Waals surface area (Å²) in [6, 6.07) is 7.79. The van der Waals surface area contributed by atoms with Gasteiger partial charge >= 0.3 is 0 Å². The predicted octanol–water partition coefficient (Wildman–Crippen LogP) is 2.03. The van der Waals surface area contributed by atoms with E-state index in [4.69, 9.17) is 0 Å². The van der Waals surface area contributed by atoms with Gasteiger partial charge in [0.05, 0.1) is 17.5 Å². The summed E-state index contributed by atoms with van der Waals surface area (Å²) in [5.74, 6) is 0.783. The third kappa shape index (κ3) is 1.34. The van der Waals surface area contributed by atoms with E-state index in [2.05, 4.69) is 25.5 Å². The fraction of sp³-hybridized carbons (Fsp3) is 0. The number of fused-ring (bicyclic) bond motifs is 1. The van der Waals surface area contributed by atoms with Gasteiger partial charge < -0.3 is 10.3 Å². The van der Waals surface area contributed by atoms with E-state index in [1.165, 1.54) is 0 Å². The lowest BCUT2D eigenvalue weighted by Gasteiger charge is -2.02. The standard InChI is InChI=1S/C10H9N5/c1-2-7-10(12-6-11-7)8(3-1)14-9-4-5-13-15-9/h1-6H,(H,11,12)(H2,13,14,15). The number of aromatic amines is 2. The Hall–Kier alpha value is -2.30. The number of H-pyrrole nitrogens is 2. The van der Waals surface area contributed by atoms with Gasteiger partial charge in [-0.15, -0.1) is 0 Å². The summed E-state index contributed by atoms with van der Waals surface area (Å²) in [7, 11) is 0. The van der Waals surface area contributed by atoms with Crippen LogP contribution in [0.15, 0.2) is 36.8 Å². The van der Waals surface area contributed by atoms with E-state index in [0.717, 1.165) is 22.5 Å². The quantitative estimate of drug-likeness (QED) is 0.591. The van der Waals surface area contributed by atoms with Crippen molar-refractivity contribution in [1.82, 2.24) is 20.2 Å². The Morgan fingerprint density at radius 3 is 3.07 bits per heavy atom. The molecule has 0 unspecified atom stereocenters. The van der Waals surface area contributed by atoms with Gasteiger partial charge in [-0.05, 0) is 12.1 Å². The Morgan fingerprint density at radius 2 is 2.20 bits per heavy atom. The fourth-order valence-corrected chi connectivity index (χ4v) is 1.53. The Balaban J connectivity index is 2.07. The Morgan fingerprint density at radius 1 is 1.20 bits per heavy atom. The maximum absolute atomic E-state index is 4.24. The Kier molecular flexibility index (Phi) is 1.68. The molecule has 3 aromatic rings. The molecule has 0 atom stereocenters. The van der Waals surface area contributed by atoms with Crippen molar-refractivity contribution < 1.29 is 0 Å². The molecule has 0 bridgehead atoms. The highest BCUT2D eigenvalue weighted by Crippen LogP contribution is 2.22. The number of hydrogen-bond donors (Lipinski definition) is 3. The van der Waals surface area contributed by atoms with Crippen LogP contribution in [0.3, 0.4) is 0 Å². The van der Waals surface area contributed by atoms with Crippen LogP contribution in [0.5, 0.6) is 0 Å². The van der Waals surface area contributed by atoms with Crippen LogP contribution in [0.1, 0.15) is 0 Å². The number of hydrogen-bond acceptors (Lipinski definition) is 3. The normalized spacial score (nSPS) is 10.7. The predicted molar refractivity (Wildman–Crippen MR) is 58.0 cm³/mol. The van der Waals surface area contributed by atoms with Crippen molar-refractivity contribution in [3.05, 3.63) is 36.8 Å². The zero-order valence-electron chi connectivity index (χ0n) is 7.86. The van der Waals surface area contributed by atoms with Crippen LogP contribution >= 0.6 is 0 Å². The molecular formula is C10H9N5. The van der Waals surface area contributed by atoms with Crippen molar-refractivity contribution in [1.29, 1.82) is 0 Å². The first-order valence-electron chi connectivity index (χ1n) is 4.62. The molecule has 0 fully saturated rings. The third-order valence-electron chi connectivity index (χ3n) is 2.21. The lowest BCUT2D eigenvalue weighted by atomic mass is 10.2. The molecule has 0 radical (unpaired) electrons. The Labute approximate surface area is 85.5 Å². The van der Waals surface area contributed by atoms with Gasteiger partial charge in [0, 0.05) is 12.3 Å². The maximum Gasteiger partial charge on any atom is 0.152 e. The zero-order valence-corrected chi connectivity index (χ0v) is 7.86. The summed E-state index contributed by atoms with van der Waals surface area (Å²) >= 11 is 0. The van der Waals surface area contributed by atoms with E-state index < -0.39 is 0 Å². The lowest BCUT2D eigenvalue weighted by Crippen LogP contribution is -1.91. The number of nitrogens with zero attached hydrogens (tertiary/aromatic N) is 2. The van der Waals surface area contributed by atoms with Crippen LogP contribution in [-0.4, -0.2) is 20.2 Å². The number of aromatic nitrogens is 4. The third-order valence-corrected chi connectivity index (χ3v) is 2.21. The summed E-state index contributed by atoms with van der Waals surface area (Å²) in [5, 5.41) is 9.97. The van der Waals surface area contributed by atoms with Crippen molar-refractivity contribution in [2.24, 2.45) is 0 Å². The number of anilines is 2. The number of nitrogens with one attached hydrogen (secondary N) is 3. The molecule has 3 rings (SSSR count). The SMILES string of the molecule is c1cc(Nc2cc[nH]n2)c2nc[nH]c2c1. The molecular weight excluding hydrogens is 190 g/mol. The maximum atomic E-state index is 4.24. The van der Waals surface area contributed by atoms with Crippen LogP contribution in [0.2, 0.25) is 0 Å². The topological polar surface area (TPSA) is 69.4 Å². The van der Waals surface area contributed by atoms with Crippen LogP contribution in [-0.2, 0) is 0 Å². The molecule has 3 N–H and O–H groups in total. The number of rotatable bonds is 2. The van der Waals surface area contributed by atoms with Gasteiger partial charge in [0.25, 0.3) is 0 Å². The molecule has 15 heavy (non-hydrogen) atoms. The summed E-state index contributed by atoms with van der Waals surface area (Å²) in [4.78, 5) is 7.30. The number of imidazole rings is 1. The second kappa shape index (κ2) is 3.13. The van der Waals surface area contributed by atoms with E-state index in [-0.39, 0.29) is 0 Å². The van der Waals surface area contributed by atoms with Gasteiger partial charge in [0.2, 0.25) is 0 Å². The van der Waals surface area contributed by atoms with E-state index in [9.17, 15) is 0 Å². The van der Waals surface area contributed by atoms with Gasteiger partial charge in [-0.1, -0.05) is 6.07 Å². The first-order chi connectivity index (χ1) is 7.43. The molecule has 2 aromatic heterocycles. The average molecular weight is 199 g/mol. The first kappa shape index (κ1) is 8.05. The van der Waals surface area contributed by atoms with Gasteiger partial charge in [-0.2, -0.15) is 5.10 Å². The minimum Gasteiger partial charge on any atom is -0.345 e. The van der Waals surface area contributed by atoms with Crippen molar-refractivity contribution in [3.63, 3.8) is 0 Å². The van der Waals surface area contributed by atoms with Crippen molar-refractivity contribution >= 4 is 22.5 Å². The first-order valence-corrected chi connectivity index (χ1v) is 4.62. The summed E-state index contributed by atoms with van der Waals surface area (Å²) in [6.07, 6.45) is 3.45. The molecule has 0 aliphatic rings. The minimum absolute atomic E-state index is 0.783. The summed E-state index contributed by atoms with van der Waals surface area (Å²) < 4.78 is 0. The molecule has 0 aliphatic carbocycles. The monoisotopic (exact) mass is 199 g/mol. The van der Waals surface area contributed by atoms with Crippen LogP contribution < -0.4 is 5.32 Å². The molecule has 74 valence electrons. The van der Waals surface area contributed by atoms with E-state index in [0.29, 0.717) is 0 Å². The molecule has 0 saturated heterocycles. The van der Waals surface area contributed by atoms with E-state index in [1.54, 1.807) is 12.5 Å². The van der Waals surface area contributed by atoms with E-state index >= 15 is 0 Å². The van der Waals surface area contributed by atoms with Crippen LogP contribution in [0.25, 0.3) is 11.0 Å². The molecule has 0 amide bonds. The van der Waals surface area contributed by atoms with Gasteiger partial charge in [-0.3, -0.25) is 5.10 Å². The summed E-state index contributed by atoms with van der Waals surface area (Å²) in [5.41, 5.74) is 2.87. The largest absolute Gasteiger partial charge is 0.345 e. The molecule has 5 nitrogen and oxygen atoms in total. The molecule has 0 aliphatic heterocycles. The number of para-hydroxylation sites is 1.